The van der Waals surface area contributed by atoms with Gasteiger partial charge >= 0.3 is 0 Å². The molecule has 3 atom stereocenters. The van der Waals surface area contributed by atoms with Crippen molar-refractivity contribution in [3.63, 3.8) is 0 Å². The molecule has 2 aromatic carbocycles. The Balaban J connectivity index is 1.57. The van der Waals surface area contributed by atoms with Crippen LogP contribution >= 0.6 is 0 Å². The fraction of sp³-hybridized carbons (Fsp3) is 0.381. The third-order valence-electron chi connectivity index (χ3n) is 5.55. The summed E-state index contributed by atoms with van der Waals surface area (Å²) in [6.45, 7) is 0. The average molecular weight is 337 g/mol. The number of nitrogens with one attached hydrogen (secondary N) is 1. The predicted octanol–water partition coefficient (Wildman–Crippen LogP) is 3.05. The Bertz CT molecular complexity index is 743. The van der Waals surface area contributed by atoms with Crippen molar-refractivity contribution >= 4 is 5.91 Å². The minimum absolute atomic E-state index is 0.0467. The van der Waals surface area contributed by atoms with Crippen LogP contribution in [0.4, 0.5) is 0 Å². The van der Waals surface area contributed by atoms with Crippen LogP contribution < -0.4 is 5.32 Å². The SMILES string of the molecule is CO[C@@H]1C[C@H](C(=O)NC2c3ccccc3-c3ccccc32)CC[C@@H]1O. The zero-order valence-electron chi connectivity index (χ0n) is 14.3. The summed E-state index contributed by atoms with van der Waals surface area (Å²) in [7, 11) is 1.59. The van der Waals surface area contributed by atoms with Crippen molar-refractivity contribution in [3.8, 4) is 11.1 Å². The molecule has 2 aliphatic carbocycles. The first kappa shape index (κ1) is 16.3. The van der Waals surface area contributed by atoms with Crippen molar-refractivity contribution < 1.29 is 14.6 Å². The lowest BCUT2D eigenvalue weighted by Crippen LogP contribution is -2.42. The fourth-order valence-electron chi connectivity index (χ4n) is 4.18. The van der Waals surface area contributed by atoms with Crippen molar-refractivity contribution in [2.45, 2.75) is 37.5 Å². The lowest BCUT2D eigenvalue weighted by atomic mass is 9.84. The molecule has 0 aliphatic heterocycles. The number of methoxy groups -OCH3 is 1. The normalized spacial score (nSPS) is 25.3. The van der Waals surface area contributed by atoms with Crippen LogP contribution in [-0.2, 0) is 9.53 Å². The zero-order valence-corrected chi connectivity index (χ0v) is 14.3. The first-order chi connectivity index (χ1) is 12.2. The Kier molecular flexibility index (Phi) is 4.32. The quantitative estimate of drug-likeness (QED) is 0.905. The van der Waals surface area contributed by atoms with E-state index < -0.39 is 6.10 Å². The fourth-order valence-corrected chi connectivity index (χ4v) is 4.18. The monoisotopic (exact) mass is 337 g/mol. The van der Waals surface area contributed by atoms with Gasteiger partial charge in [-0.1, -0.05) is 48.5 Å². The van der Waals surface area contributed by atoms with Gasteiger partial charge in [0.1, 0.15) is 0 Å². The Morgan fingerprint density at radius 2 is 1.64 bits per heavy atom. The summed E-state index contributed by atoms with van der Waals surface area (Å²) in [4.78, 5) is 12.9. The molecule has 130 valence electrons. The molecule has 1 amide bonds. The summed E-state index contributed by atoms with van der Waals surface area (Å²) in [5, 5.41) is 13.2. The molecular formula is C21H23NO3. The van der Waals surface area contributed by atoms with Crippen LogP contribution in [0.5, 0.6) is 0 Å². The summed E-state index contributed by atoms with van der Waals surface area (Å²) in [5.74, 6) is -0.0706. The molecule has 1 saturated carbocycles. The van der Waals surface area contributed by atoms with Gasteiger partial charge in [0.2, 0.25) is 5.91 Å². The summed E-state index contributed by atoms with van der Waals surface area (Å²) >= 11 is 0. The number of carbonyl (C=O) groups is 1. The minimum atomic E-state index is -0.470. The van der Waals surface area contributed by atoms with E-state index in [1.54, 1.807) is 7.11 Å². The molecule has 25 heavy (non-hydrogen) atoms. The number of hydrogen-bond acceptors (Lipinski definition) is 3. The molecule has 4 rings (SSSR count). The second-order valence-corrected chi connectivity index (χ2v) is 6.97. The molecule has 4 nitrogen and oxygen atoms in total. The molecule has 0 heterocycles. The molecule has 0 bridgehead atoms. The highest BCUT2D eigenvalue weighted by Gasteiger charge is 2.35. The number of benzene rings is 2. The second-order valence-electron chi connectivity index (χ2n) is 6.97. The van der Waals surface area contributed by atoms with E-state index >= 15 is 0 Å². The van der Waals surface area contributed by atoms with Crippen LogP contribution in [0, 0.1) is 5.92 Å². The Morgan fingerprint density at radius 3 is 2.24 bits per heavy atom. The lowest BCUT2D eigenvalue weighted by Gasteiger charge is -2.32. The highest BCUT2D eigenvalue weighted by atomic mass is 16.5. The molecule has 0 saturated heterocycles. The second kappa shape index (κ2) is 6.62. The van der Waals surface area contributed by atoms with Crippen LogP contribution in [0.25, 0.3) is 11.1 Å². The van der Waals surface area contributed by atoms with Gasteiger partial charge in [0.25, 0.3) is 0 Å². The number of rotatable bonds is 3. The van der Waals surface area contributed by atoms with Gasteiger partial charge in [0.15, 0.2) is 0 Å². The van der Waals surface area contributed by atoms with Crippen LogP contribution in [-0.4, -0.2) is 30.3 Å². The first-order valence-corrected chi connectivity index (χ1v) is 8.88. The van der Waals surface area contributed by atoms with Gasteiger partial charge in [-0.25, -0.2) is 0 Å². The van der Waals surface area contributed by atoms with E-state index in [0.717, 1.165) is 11.1 Å². The highest BCUT2D eigenvalue weighted by molar-refractivity contribution is 5.84. The van der Waals surface area contributed by atoms with E-state index in [9.17, 15) is 9.90 Å². The van der Waals surface area contributed by atoms with Crippen molar-refractivity contribution in [2.75, 3.05) is 7.11 Å². The Labute approximate surface area is 147 Å². The number of fused-ring (bicyclic) bond motifs is 3. The molecule has 0 aromatic heterocycles. The van der Waals surface area contributed by atoms with E-state index in [1.165, 1.54) is 11.1 Å². The number of aliphatic hydroxyl groups is 1. The van der Waals surface area contributed by atoms with E-state index in [-0.39, 0.29) is 24.0 Å². The molecular weight excluding hydrogens is 314 g/mol. The van der Waals surface area contributed by atoms with Crippen LogP contribution in [0.1, 0.15) is 36.4 Å². The molecule has 2 aliphatic rings. The van der Waals surface area contributed by atoms with Crippen LogP contribution in [0.15, 0.2) is 48.5 Å². The van der Waals surface area contributed by atoms with Crippen molar-refractivity contribution in [1.82, 2.24) is 5.32 Å². The standard InChI is InChI=1S/C21H23NO3/c1-25-19-12-13(10-11-18(19)23)21(24)22-20-16-8-4-2-6-14(16)15-7-3-5-9-17(15)20/h2-9,13,18-20,23H,10-12H2,1H3,(H,22,24)/t13-,18+,19-/m1/s1. The maximum atomic E-state index is 12.9. The number of hydrogen-bond donors (Lipinski definition) is 2. The number of aliphatic hydroxyl groups excluding tert-OH is 1. The molecule has 4 heteroatoms. The summed E-state index contributed by atoms with van der Waals surface area (Å²) in [5.41, 5.74) is 4.68. The minimum Gasteiger partial charge on any atom is -0.390 e. The summed E-state index contributed by atoms with van der Waals surface area (Å²) in [6, 6.07) is 16.4. The highest BCUT2D eigenvalue weighted by Crippen LogP contribution is 2.43. The number of carbonyl (C=O) groups excluding carboxylic acids is 1. The van der Waals surface area contributed by atoms with E-state index in [0.29, 0.717) is 19.3 Å². The van der Waals surface area contributed by atoms with Crippen LogP contribution in [0.2, 0.25) is 0 Å². The van der Waals surface area contributed by atoms with Gasteiger partial charge in [0, 0.05) is 13.0 Å². The maximum absolute atomic E-state index is 12.9. The maximum Gasteiger partial charge on any atom is 0.223 e. The molecule has 0 spiro atoms. The Hall–Kier alpha value is -2.17. The van der Waals surface area contributed by atoms with Gasteiger partial charge < -0.3 is 15.2 Å². The Morgan fingerprint density at radius 1 is 1.04 bits per heavy atom. The van der Waals surface area contributed by atoms with Gasteiger partial charge in [-0.15, -0.1) is 0 Å². The third kappa shape index (κ3) is 2.86. The molecule has 0 unspecified atom stereocenters. The summed E-state index contributed by atoms with van der Waals surface area (Å²) < 4.78 is 5.34. The topological polar surface area (TPSA) is 58.6 Å². The molecule has 2 N–H and O–H groups in total. The van der Waals surface area contributed by atoms with Crippen molar-refractivity contribution in [2.24, 2.45) is 5.92 Å². The number of amides is 1. The number of ether oxygens (including phenoxy) is 1. The largest absolute Gasteiger partial charge is 0.390 e. The van der Waals surface area contributed by atoms with Crippen LogP contribution in [0.3, 0.4) is 0 Å². The van der Waals surface area contributed by atoms with Gasteiger partial charge in [-0.05, 0) is 41.5 Å². The average Bonchev–Trinajstić information content (AvgIpc) is 2.96. The molecule has 2 aromatic rings. The predicted molar refractivity (Wildman–Crippen MR) is 96.0 cm³/mol. The van der Waals surface area contributed by atoms with Crippen molar-refractivity contribution in [1.29, 1.82) is 0 Å². The van der Waals surface area contributed by atoms with Gasteiger partial charge in [0.05, 0.1) is 18.2 Å². The first-order valence-electron chi connectivity index (χ1n) is 8.88. The van der Waals surface area contributed by atoms with E-state index in [4.69, 9.17) is 4.74 Å². The zero-order chi connectivity index (χ0) is 17.4. The smallest absolute Gasteiger partial charge is 0.223 e. The van der Waals surface area contributed by atoms with E-state index in [1.807, 2.05) is 24.3 Å². The summed E-state index contributed by atoms with van der Waals surface area (Å²) in [6.07, 6.45) is 1.14. The molecule has 0 radical (unpaired) electrons. The lowest BCUT2D eigenvalue weighted by molar-refractivity contribution is -0.130. The molecule has 1 fully saturated rings. The van der Waals surface area contributed by atoms with E-state index in [2.05, 4.69) is 29.6 Å². The van der Waals surface area contributed by atoms with Gasteiger partial charge in [-0.3, -0.25) is 4.79 Å². The van der Waals surface area contributed by atoms with Gasteiger partial charge in [-0.2, -0.15) is 0 Å². The third-order valence-corrected chi connectivity index (χ3v) is 5.55. The van der Waals surface area contributed by atoms with Crippen molar-refractivity contribution in [3.05, 3.63) is 59.7 Å².